The number of imide groups is 1. The minimum Gasteiger partial charge on any atom is -0.444 e. The molecule has 1 unspecified atom stereocenters. The summed E-state index contributed by atoms with van der Waals surface area (Å²) in [6.45, 7) is 6.95. The first-order chi connectivity index (χ1) is 31.5. The number of fused-ring (bicyclic) bond motifs is 1. The Morgan fingerprint density at radius 2 is 1.86 bits per heavy atom. The number of oxazole rings is 1. The molecular weight excluding hydrogens is 841 g/mol. The molecule has 65 heavy (non-hydrogen) atoms. The lowest BCUT2D eigenvalue weighted by Crippen LogP contribution is -2.52. The number of rotatable bonds is 18. The maximum atomic E-state index is 14.2. The first-order valence-corrected chi connectivity index (χ1v) is 22.9. The summed E-state index contributed by atoms with van der Waals surface area (Å²) in [5.74, 6) is 0.490. The van der Waals surface area contributed by atoms with Crippen molar-refractivity contribution in [2.75, 3.05) is 75.4 Å². The number of likely N-dealkylation sites (N-methyl/N-ethyl adjacent to an activating group) is 1. The van der Waals surface area contributed by atoms with Gasteiger partial charge in [-0.25, -0.2) is 18.7 Å². The van der Waals surface area contributed by atoms with Crippen LogP contribution in [0.15, 0.2) is 53.4 Å². The van der Waals surface area contributed by atoms with Gasteiger partial charge >= 0.3 is 0 Å². The molecule has 346 valence electrons. The topological polar surface area (TPSA) is 192 Å². The van der Waals surface area contributed by atoms with Gasteiger partial charge in [-0.2, -0.15) is 5.10 Å². The molecule has 4 amide bonds. The number of nitrogens with one attached hydrogen (secondary N) is 4. The van der Waals surface area contributed by atoms with Crippen LogP contribution in [0.4, 0.5) is 26.0 Å². The van der Waals surface area contributed by atoms with E-state index in [9.17, 15) is 28.0 Å². The lowest BCUT2D eigenvalue weighted by molar-refractivity contribution is -0.136. The summed E-state index contributed by atoms with van der Waals surface area (Å²) in [4.78, 5) is 65.7. The number of hydrogen-bond donors (Lipinski definition) is 4. The maximum Gasteiger partial charge on any atom is 0.284 e. The first kappa shape index (κ1) is 44.4. The van der Waals surface area contributed by atoms with Crippen molar-refractivity contribution in [3.63, 3.8) is 0 Å². The SMILES string of the molecule is CN(CCN1CCO[C@@H](CCNc2cccc3c2CN(C2CCC(=O)NC2=O)C3=O)C1)CC1CCC(n2cc(NC(=O)c3coc(-c4ccnc(NCC5CC5)c4)n3)c(C(F)F)n2)CC1. The van der Waals surface area contributed by atoms with Crippen LogP contribution in [0.3, 0.4) is 0 Å². The Kier molecular flexibility index (Phi) is 13.5. The van der Waals surface area contributed by atoms with Crippen molar-refractivity contribution in [2.45, 2.75) is 88.9 Å². The van der Waals surface area contributed by atoms with E-state index in [1.165, 1.54) is 25.3 Å². The highest BCUT2D eigenvalue weighted by molar-refractivity contribution is 6.06. The van der Waals surface area contributed by atoms with E-state index >= 15 is 0 Å². The van der Waals surface area contributed by atoms with Gasteiger partial charge < -0.3 is 34.9 Å². The number of ether oxygens (including phenoxy) is 1. The molecule has 2 aliphatic carbocycles. The van der Waals surface area contributed by atoms with Gasteiger partial charge in [-0.3, -0.25) is 34.1 Å². The third-order valence-corrected chi connectivity index (χ3v) is 13.4. The number of anilines is 3. The number of benzene rings is 1. The van der Waals surface area contributed by atoms with Crippen LogP contribution in [0, 0.1) is 11.8 Å². The highest BCUT2D eigenvalue weighted by Crippen LogP contribution is 2.36. The summed E-state index contributed by atoms with van der Waals surface area (Å²) in [6, 6.07) is 8.43. The predicted molar refractivity (Wildman–Crippen MR) is 236 cm³/mol. The van der Waals surface area contributed by atoms with Crippen LogP contribution >= 0.6 is 0 Å². The van der Waals surface area contributed by atoms with Gasteiger partial charge in [0.1, 0.15) is 18.1 Å². The second-order valence-electron chi connectivity index (χ2n) is 18.1. The second-order valence-corrected chi connectivity index (χ2v) is 18.1. The van der Waals surface area contributed by atoms with Crippen molar-refractivity contribution in [2.24, 2.45) is 11.8 Å². The van der Waals surface area contributed by atoms with Crippen molar-refractivity contribution in [3.05, 3.63) is 71.5 Å². The van der Waals surface area contributed by atoms with Gasteiger partial charge in [0.2, 0.25) is 17.7 Å². The molecule has 4 fully saturated rings. The number of alkyl halides is 2. The Balaban J connectivity index is 0.699. The molecule has 0 radical (unpaired) electrons. The number of pyridine rings is 1. The van der Waals surface area contributed by atoms with Gasteiger partial charge in [-0.1, -0.05) is 6.07 Å². The molecule has 1 aromatic carbocycles. The van der Waals surface area contributed by atoms with Crippen molar-refractivity contribution in [1.82, 2.24) is 39.8 Å². The smallest absolute Gasteiger partial charge is 0.284 e. The van der Waals surface area contributed by atoms with E-state index in [1.807, 2.05) is 12.1 Å². The third kappa shape index (κ3) is 10.7. The molecule has 5 aliphatic rings. The number of piperidine rings is 1. The van der Waals surface area contributed by atoms with E-state index in [0.29, 0.717) is 54.9 Å². The Labute approximate surface area is 376 Å². The minimum absolute atomic E-state index is 0.0292. The fourth-order valence-electron chi connectivity index (χ4n) is 9.49. The molecule has 6 heterocycles. The van der Waals surface area contributed by atoms with E-state index in [2.05, 4.69) is 53.2 Å². The largest absolute Gasteiger partial charge is 0.444 e. The molecule has 0 spiro atoms. The number of hydrogen-bond acceptors (Lipinski definition) is 13. The van der Waals surface area contributed by atoms with E-state index in [-0.39, 0.29) is 47.7 Å². The molecule has 3 aromatic heterocycles. The van der Waals surface area contributed by atoms with Gasteiger partial charge in [0.25, 0.3) is 18.2 Å². The lowest BCUT2D eigenvalue weighted by Gasteiger charge is -2.35. The van der Waals surface area contributed by atoms with Gasteiger partial charge in [0.15, 0.2) is 11.4 Å². The summed E-state index contributed by atoms with van der Waals surface area (Å²) in [6.07, 6.45) is 8.80. The summed E-state index contributed by atoms with van der Waals surface area (Å²) >= 11 is 0. The van der Waals surface area contributed by atoms with Gasteiger partial charge in [-0.05, 0) is 94.5 Å². The Morgan fingerprint density at radius 1 is 1.03 bits per heavy atom. The number of halogens is 2. The van der Waals surface area contributed by atoms with Crippen LogP contribution in [0.1, 0.15) is 102 Å². The van der Waals surface area contributed by atoms with Crippen LogP contribution in [0.5, 0.6) is 0 Å². The van der Waals surface area contributed by atoms with Crippen molar-refractivity contribution >= 4 is 40.8 Å². The third-order valence-electron chi connectivity index (χ3n) is 13.4. The molecule has 3 aliphatic heterocycles. The Hall–Kier alpha value is -5.79. The van der Waals surface area contributed by atoms with Gasteiger partial charge in [-0.15, -0.1) is 0 Å². The number of nitrogens with zero attached hydrogens (tertiary/aromatic N) is 7. The van der Waals surface area contributed by atoms with E-state index in [1.54, 1.807) is 34.0 Å². The molecule has 2 saturated heterocycles. The average Bonchev–Trinajstić information content (AvgIpc) is 3.65. The zero-order valence-electron chi connectivity index (χ0n) is 36.6. The van der Waals surface area contributed by atoms with E-state index in [4.69, 9.17) is 9.15 Å². The normalized spacial score (nSPS) is 22.7. The molecular formula is C46H57F2N11O6. The maximum absolute atomic E-state index is 14.2. The molecule has 9 rings (SSSR count). The quantitative estimate of drug-likeness (QED) is 0.0908. The molecule has 2 atom stereocenters. The summed E-state index contributed by atoms with van der Waals surface area (Å²) in [5, 5.41) is 16.0. The molecule has 0 bridgehead atoms. The Bertz CT molecular complexity index is 2360. The monoisotopic (exact) mass is 897 g/mol. The molecule has 2 saturated carbocycles. The van der Waals surface area contributed by atoms with Crippen molar-refractivity contribution in [3.8, 4) is 11.5 Å². The fourth-order valence-corrected chi connectivity index (χ4v) is 9.49. The number of carbonyl (C=O) groups is 4. The predicted octanol–water partition coefficient (Wildman–Crippen LogP) is 5.57. The highest BCUT2D eigenvalue weighted by Gasteiger charge is 2.40. The zero-order chi connectivity index (χ0) is 45.0. The Morgan fingerprint density at radius 3 is 2.66 bits per heavy atom. The standard InChI is InChI=1S/C46H57F2N11O6/c1-56(17-18-57-19-20-64-32(24-57)14-16-49-35-4-2-3-33-34(35)25-58(46(33)63)38-11-12-40(60)54-44(38)62)23-29-7-9-31(10-8-29)59-26-36(41(55-59)42(47)48)52-43(61)37-27-65-45(53-37)30-13-15-50-39(21-30)51-22-28-5-6-28/h2-4,13,15,21,26-29,31-32,38,42,49H,5-12,14,16-20,22-25H2,1H3,(H,50,51)(H,52,61)(H,54,60,62)/t29?,31?,32-,38?/m0/s1. The summed E-state index contributed by atoms with van der Waals surface area (Å²) < 4.78 is 41.7. The van der Waals surface area contributed by atoms with Crippen LogP contribution in [-0.4, -0.2) is 130 Å². The summed E-state index contributed by atoms with van der Waals surface area (Å²) in [7, 11) is 2.15. The highest BCUT2D eigenvalue weighted by atomic mass is 19.3. The first-order valence-electron chi connectivity index (χ1n) is 22.9. The number of morpholine rings is 1. The molecule has 19 heteroatoms. The number of amides is 4. The average molecular weight is 898 g/mol. The molecule has 4 aromatic rings. The fraction of sp³-hybridized carbons (Fsp3) is 0.543. The van der Waals surface area contributed by atoms with Gasteiger partial charge in [0, 0.05) is 93.6 Å². The van der Waals surface area contributed by atoms with Crippen LogP contribution in [0.2, 0.25) is 0 Å². The number of carbonyl (C=O) groups excluding carboxylic acids is 4. The molecule has 17 nitrogen and oxygen atoms in total. The van der Waals surface area contributed by atoms with Crippen LogP contribution < -0.4 is 21.3 Å². The van der Waals surface area contributed by atoms with E-state index in [0.717, 1.165) is 82.6 Å². The summed E-state index contributed by atoms with van der Waals surface area (Å²) in [5.41, 5.74) is 2.43. The van der Waals surface area contributed by atoms with Gasteiger partial charge in [0.05, 0.1) is 24.4 Å². The van der Waals surface area contributed by atoms with Crippen molar-refractivity contribution < 1.29 is 37.1 Å². The van der Waals surface area contributed by atoms with Crippen LogP contribution in [0.25, 0.3) is 11.5 Å². The van der Waals surface area contributed by atoms with Crippen LogP contribution in [-0.2, 0) is 20.9 Å². The van der Waals surface area contributed by atoms with E-state index < -0.39 is 30.0 Å². The minimum atomic E-state index is -2.87. The second kappa shape index (κ2) is 19.8. The number of aromatic nitrogens is 4. The molecule has 4 N–H and O–H groups in total. The zero-order valence-corrected chi connectivity index (χ0v) is 36.6. The van der Waals surface area contributed by atoms with Crippen molar-refractivity contribution in [1.29, 1.82) is 0 Å². The lowest BCUT2D eigenvalue weighted by atomic mass is 9.86.